The Morgan fingerprint density at radius 3 is 2.00 bits per heavy atom. The minimum Gasteiger partial charge on any atom is -0.297 e. The third-order valence-corrected chi connectivity index (χ3v) is 3.87. The quantitative estimate of drug-likeness (QED) is 0.361. The van der Waals surface area contributed by atoms with Gasteiger partial charge in [-0.15, -0.1) is 6.58 Å². The minimum absolute atomic E-state index is 0.145. The molecule has 0 spiro atoms. The lowest BCUT2D eigenvalue weighted by Crippen LogP contribution is -2.62. The Hall–Kier alpha value is -0.380. The summed E-state index contributed by atoms with van der Waals surface area (Å²) >= 11 is 0. The van der Waals surface area contributed by atoms with Gasteiger partial charge in [0.15, 0.2) is 0 Å². The van der Waals surface area contributed by atoms with E-state index in [-0.39, 0.29) is 11.6 Å². The van der Waals surface area contributed by atoms with Crippen molar-refractivity contribution in [1.82, 2.24) is 10.3 Å². The van der Waals surface area contributed by atoms with Gasteiger partial charge in [0.1, 0.15) is 0 Å². The van der Waals surface area contributed by atoms with Crippen LogP contribution in [0.4, 0.5) is 0 Å². The van der Waals surface area contributed by atoms with Crippen molar-refractivity contribution in [2.75, 3.05) is 13.1 Å². The van der Waals surface area contributed by atoms with Crippen molar-refractivity contribution < 1.29 is 0 Å². The summed E-state index contributed by atoms with van der Waals surface area (Å²) in [5.41, 5.74) is 3.13. The van der Waals surface area contributed by atoms with E-state index in [1.54, 1.807) is 0 Å². The van der Waals surface area contributed by atoms with Crippen LogP contribution in [0.5, 0.6) is 0 Å². The van der Waals surface area contributed by atoms with Crippen LogP contribution in [0, 0.1) is 0 Å². The summed E-state index contributed by atoms with van der Waals surface area (Å²) in [7, 11) is 0. The fourth-order valence-corrected chi connectivity index (χ4v) is 2.87. The highest BCUT2D eigenvalue weighted by molar-refractivity contribution is 5.00. The van der Waals surface area contributed by atoms with E-state index in [9.17, 15) is 0 Å². The van der Waals surface area contributed by atoms with Crippen LogP contribution in [0.3, 0.4) is 0 Å². The third kappa shape index (κ3) is 3.06. The van der Waals surface area contributed by atoms with E-state index in [2.05, 4.69) is 44.6 Å². The van der Waals surface area contributed by atoms with Crippen molar-refractivity contribution >= 4 is 0 Å². The second-order valence-electron chi connectivity index (χ2n) is 4.23. The second kappa shape index (κ2) is 7.82. The molecule has 0 aromatic carbocycles. The molecule has 0 radical (unpaired) electrons. The molecule has 1 unspecified atom stereocenters. The molecule has 0 bridgehead atoms. The molecule has 0 saturated heterocycles. The summed E-state index contributed by atoms with van der Waals surface area (Å²) in [6.45, 7) is 14.9. The lowest BCUT2D eigenvalue weighted by Gasteiger charge is -2.47. The molecule has 1 atom stereocenters. The standard InChI is InChI=1S/C13H29N3/c1-6-11-12(15-14)13(7-2,8-3)16(9-4)10-5/h6,12,15H,1,7-11,14H2,2-5H3. The molecule has 0 aromatic rings. The van der Waals surface area contributed by atoms with Crippen LogP contribution in [0.15, 0.2) is 12.7 Å². The van der Waals surface area contributed by atoms with E-state index in [0.717, 1.165) is 32.4 Å². The topological polar surface area (TPSA) is 41.3 Å². The maximum absolute atomic E-state index is 5.72. The average molecular weight is 227 g/mol. The summed E-state index contributed by atoms with van der Waals surface area (Å²) < 4.78 is 0. The maximum atomic E-state index is 5.72. The highest BCUT2D eigenvalue weighted by atomic mass is 15.3. The van der Waals surface area contributed by atoms with Crippen molar-refractivity contribution in [3.05, 3.63) is 12.7 Å². The molecular formula is C13H29N3. The van der Waals surface area contributed by atoms with Gasteiger partial charge in [0, 0.05) is 11.6 Å². The predicted molar refractivity (Wildman–Crippen MR) is 72.2 cm³/mol. The van der Waals surface area contributed by atoms with Gasteiger partial charge in [0.2, 0.25) is 0 Å². The Bertz CT molecular complexity index is 184. The molecular weight excluding hydrogens is 198 g/mol. The predicted octanol–water partition coefficient (Wildman–Crippen LogP) is 2.29. The molecule has 16 heavy (non-hydrogen) atoms. The maximum Gasteiger partial charge on any atom is 0.0428 e. The fraction of sp³-hybridized carbons (Fsp3) is 0.846. The van der Waals surface area contributed by atoms with E-state index in [1.165, 1.54) is 0 Å². The molecule has 0 aliphatic heterocycles. The van der Waals surface area contributed by atoms with Gasteiger partial charge in [-0.05, 0) is 32.4 Å². The van der Waals surface area contributed by atoms with Gasteiger partial charge in [0.05, 0.1) is 0 Å². The zero-order chi connectivity index (χ0) is 12.6. The SMILES string of the molecule is C=CCC(NN)C(CC)(CC)N(CC)CC. The zero-order valence-electron chi connectivity index (χ0n) is 11.4. The van der Waals surface area contributed by atoms with Gasteiger partial charge in [0.25, 0.3) is 0 Å². The Labute approximate surface area is 101 Å². The van der Waals surface area contributed by atoms with E-state index >= 15 is 0 Å². The molecule has 0 aromatic heterocycles. The minimum atomic E-state index is 0.145. The fourth-order valence-electron chi connectivity index (χ4n) is 2.87. The number of hydrogen-bond donors (Lipinski definition) is 2. The van der Waals surface area contributed by atoms with Gasteiger partial charge < -0.3 is 0 Å². The highest BCUT2D eigenvalue weighted by Crippen LogP contribution is 2.29. The van der Waals surface area contributed by atoms with Crippen LogP contribution in [-0.2, 0) is 0 Å². The highest BCUT2D eigenvalue weighted by Gasteiger charge is 2.38. The Kier molecular flexibility index (Phi) is 7.64. The number of nitrogens with zero attached hydrogens (tertiary/aromatic N) is 1. The van der Waals surface area contributed by atoms with Gasteiger partial charge in [-0.3, -0.25) is 16.2 Å². The van der Waals surface area contributed by atoms with Crippen LogP contribution in [-0.4, -0.2) is 29.6 Å². The van der Waals surface area contributed by atoms with E-state index < -0.39 is 0 Å². The van der Waals surface area contributed by atoms with Crippen molar-refractivity contribution in [2.24, 2.45) is 5.84 Å². The Morgan fingerprint density at radius 1 is 1.25 bits per heavy atom. The average Bonchev–Trinajstić information content (AvgIpc) is 2.33. The molecule has 3 nitrogen and oxygen atoms in total. The molecule has 96 valence electrons. The normalized spacial score (nSPS) is 14.1. The van der Waals surface area contributed by atoms with E-state index in [4.69, 9.17) is 5.84 Å². The number of hydrogen-bond acceptors (Lipinski definition) is 3. The van der Waals surface area contributed by atoms with E-state index in [1.807, 2.05) is 6.08 Å². The van der Waals surface area contributed by atoms with Gasteiger partial charge in [-0.1, -0.05) is 33.8 Å². The molecule has 0 amide bonds. The zero-order valence-corrected chi connectivity index (χ0v) is 11.4. The summed E-state index contributed by atoms with van der Waals surface area (Å²) in [4.78, 5) is 2.51. The molecule has 3 N–H and O–H groups in total. The summed E-state index contributed by atoms with van der Waals surface area (Å²) in [5.74, 6) is 5.72. The second-order valence-corrected chi connectivity index (χ2v) is 4.23. The summed E-state index contributed by atoms with van der Waals surface area (Å²) in [6, 6.07) is 0.278. The Morgan fingerprint density at radius 2 is 1.75 bits per heavy atom. The molecule has 0 aliphatic carbocycles. The van der Waals surface area contributed by atoms with Crippen molar-refractivity contribution in [2.45, 2.75) is 58.5 Å². The van der Waals surface area contributed by atoms with Crippen LogP contribution < -0.4 is 11.3 Å². The van der Waals surface area contributed by atoms with Crippen LogP contribution in [0.25, 0.3) is 0 Å². The summed E-state index contributed by atoms with van der Waals surface area (Å²) in [5, 5.41) is 0. The molecule has 0 fully saturated rings. The van der Waals surface area contributed by atoms with Crippen LogP contribution in [0.2, 0.25) is 0 Å². The van der Waals surface area contributed by atoms with E-state index in [0.29, 0.717) is 0 Å². The first-order chi connectivity index (χ1) is 7.66. The van der Waals surface area contributed by atoms with Gasteiger partial charge in [-0.2, -0.15) is 0 Å². The van der Waals surface area contributed by atoms with Gasteiger partial charge in [-0.25, -0.2) is 0 Å². The molecule has 0 aliphatic rings. The van der Waals surface area contributed by atoms with Gasteiger partial charge >= 0.3 is 0 Å². The Balaban J connectivity index is 5.08. The van der Waals surface area contributed by atoms with Crippen LogP contribution in [0.1, 0.15) is 47.0 Å². The number of likely N-dealkylation sites (N-methyl/N-ethyl adjacent to an activating group) is 1. The third-order valence-electron chi connectivity index (χ3n) is 3.87. The largest absolute Gasteiger partial charge is 0.297 e. The first-order valence-corrected chi connectivity index (χ1v) is 6.48. The number of hydrazine groups is 1. The molecule has 3 heteroatoms. The summed E-state index contributed by atoms with van der Waals surface area (Å²) in [6.07, 6.45) is 5.07. The first kappa shape index (κ1) is 15.6. The number of nitrogens with one attached hydrogen (secondary N) is 1. The van der Waals surface area contributed by atoms with Crippen molar-refractivity contribution in [1.29, 1.82) is 0 Å². The first-order valence-electron chi connectivity index (χ1n) is 6.48. The number of rotatable bonds is 9. The lowest BCUT2D eigenvalue weighted by molar-refractivity contribution is 0.0502. The molecule has 0 rings (SSSR count). The lowest BCUT2D eigenvalue weighted by atomic mass is 9.81. The smallest absolute Gasteiger partial charge is 0.0428 e. The monoisotopic (exact) mass is 227 g/mol. The van der Waals surface area contributed by atoms with Crippen LogP contribution >= 0.6 is 0 Å². The number of nitrogens with two attached hydrogens (primary N) is 1. The molecule has 0 heterocycles. The van der Waals surface area contributed by atoms with Crippen molar-refractivity contribution in [3.8, 4) is 0 Å². The molecule has 0 saturated carbocycles. The van der Waals surface area contributed by atoms with Crippen molar-refractivity contribution in [3.63, 3.8) is 0 Å².